The second-order valence-corrected chi connectivity index (χ2v) is 6.88. The van der Waals surface area contributed by atoms with Crippen molar-refractivity contribution in [2.24, 2.45) is 0 Å². The van der Waals surface area contributed by atoms with Crippen molar-refractivity contribution < 1.29 is 14.3 Å². The second kappa shape index (κ2) is 9.20. The van der Waals surface area contributed by atoms with Crippen molar-refractivity contribution in [1.82, 2.24) is 24.8 Å². The number of aryl methyl sites for hydroxylation is 3. The Morgan fingerprint density at radius 1 is 1.25 bits per heavy atom. The number of nitrogens with one attached hydrogen (secondary N) is 1. The summed E-state index contributed by atoms with van der Waals surface area (Å²) < 4.78 is 13.2. The van der Waals surface area contributed by atoms with E-state index >= 15 is 0 Å². The monoisotopic (exact) mass is 390 g/mol. The van der Waals surface area contributed by atoms with Crippen LogP contribution >= 0.6 is 0 Å². The summed E-state index contributed by atoms with van der Waals surface area (Å²) in [7, 11) is 0. The molecule has 1 aliphatic heterocycles. The predicted molar refractivity (Wildman–Crippen MR) is 107 cm³/mol. The summed E-state index contributed by atoms with van der Waals surface area (Å²) in [6.07, 6.45) is 0.808. The third kappa shape index (κ3) is 4.36. The van der Waals surface area contributed by atoms with Crippen molar-refractivity contribution in [3.05, 3.63) is 17.1 Å². The maximum absolute atomic E-state index is 12.0. The van der Waals surface area contributed by atoms with E-state index in [-0.39, 0.29) is 6.03 Å². The Morgan fingerprint density at radius 2 is 2.00 bits per heavy atom. The van der Waals surface area contributed by atoms with Crippen molar-refractivity contribution in [3.63, 3.8) is 0 Å². The van der Waals surface area contributed by atoms with E-state index in [4.69, 9.17) is 15.2 Å². The molecule has 2 aromatic rings. The van der Waals surface area contributed by atoms with E-state index < -0.39 is 0 Å². The lowest BCUT2D eigenvalue weighted by Crippen LogP contribution is -2.46. The van der Waals surface area contributed by atoms with Crippen LogP contribution in [-0.4, -0.2) is 71.5 Å². The Balaban J connectivity index is 1.52. The number of pyridine rings is 1. The summed E-state index contributed by atoms with van der Waals surface area (Å²) in [5, 5.41) is 2.88. The number of hydrogen-bond acceptors (Lipinski definition) is 6. The van der Waals surface area contributed by atoms with E-state index in [1.165, 1.54) is 0 Å². The standard InChI is InChI=1S/C19H30N6O3/c1-4-15-23-16-17(13(2)14(3)22-18(16)20)25(15)8-12-27-9-5-21-19(26)24-6-10-28-11-7-24/h4-12H2,1-3H3,(H2,20,22)(H,21,26). The maximum Gasteiger partial charge on any atom is 0.317 e. The van der Waals surface area contributed by atoms with Gasteiger partial charge in [-0.15, -0.1) is 0 Å². The number of imidazole rings is 1. The normalized spacial score (nSPS) is 14.6. The number of carbonyl (C=O) groups excluding carboxylic acids is 1. The van der Waals surface area contributed by atoms with Crippen molar-refractivity contribution in [1.29, 1.82) is 0 Å². The van der Waals surface area contributed by atoms with Gasteiger partial charge < -0.3 is 30.0 Å². The average Bonchev–Trinajstić information content (AvgIpc) is 3.08. The number of hydrogen-bond donors (Lipinski definition) is 2. The SMILES string of the molecule is CCc1nc2c(N)nc(C)c(C)c2n1CCOCCNC(=O)N1CCOCC1. The summed E-state index contributed by atoms with van der Waals surface area (Å²) in [6, 6.07) is -0.0603. The van der Waals surface area contributed by atoms with Crippen LogP contribution in [0.3, 0.4) is 0 Å². The summed E-state index contributed by atoms with van der Waals surface area (Å²) in [5.41, 5.74) is 9.88. The number of aromatic nitrogens is 3. The molecule has 3 heterocycles. The molecule has 0 unspecified atom stereocenters. The van der Waals surface area contributed by atoms with Crippen molar-refractivity contribution in [2.45, 2.75) is 33.7 Å². The number of carbonyl (C=O) groups is 1. The van der Waals surface area contributed by atoms with Crippen molar-refractivity contribution in [3.8, 4) is 0 Å². The first-order valence-corrected chi connectivity index (χ1v) is 9.83. The van der Waals surface area contributed by atoms with Gasteiger partial charge in [0.2, 0.25) is 0 Å². The smallest absolute Gasteiger partial charge is 0.317 e. The summed E-state index contributed by atoms with van der Waals surface area (Å²) >= 11 is 0. The van der Waals surface area contributed by atoms with Gasteiger partial charge in [-0.25, -0.2) is 14.8 Å². The highest BCUT2D eigenvalue weighted by Gasteiger charge is 2.17. The molecule has 0 radical (unpaired) electrons. The molecule has 2 amide bonds. The second-order valence-electron chi connectivity index (χ2n) is 6.88. The molecule has 9 heteroatoms. The molecule has 1 saturated heterocycles. The number of rotatable bonds is 7. The van der Waals surface area contributed by atoms with Gasteiger partial charge in [0.1, 0.15) is 11.3 Å². The van der Waals surface area contributed by atoms with E-state index in [0.29, 0.717) is 58.4 Å². The third-order valence-electron chi connectivity index (χ3n) is 5.07. The fourth-order valence-corrected chi connectivity index (χ4v) is 3.42. The average molecular weight is 390 g/mol. The van der Waals surface area contributed by atoms with Gasteiger partial charge in [0, 0.05) is 38.3 Å². The Bertz CT molecular complexity index is 829. The number of amides is 2. The van der Waals surface area contributed by atoms with Crippen LogP contribution in [0.15, 0.2) is 0 Å². The minimum atomic E-state index is -0.0603. The summed E-state index contributed by atoms with van der Waals surface area (Å²) in [6.45, 7) is 10.7. The van der Waals surface area contributed by atoms with E-state index in [0.717, 1.165) is 34.5 Å². The first kappa shape index (κ1) is 20.3. The fourth-order valence-electron chi connectivity index (χ4n) is 3.42. The van der Waals surface area contributed by atoms with Gasteiger partial charge >= 0.3 is 6.03 Å². The third-order valence-corrected chi connectivity index (χ3v) is 5.07. The van der Waals surface area contributed by atoms with Crippen LogP contribution in [-0.2, 0) is 22.4 Å². The number of anilines is 1. The van der Waals surface area contributed by atoms with Crippen LogP contribution in [0.4, 0.5) is 10.6 Å². The predicted octanol–water partition coefficient (Wildman–Crippen LogP) is 1.25. The van der Waals surface area contributed by atoms with Gasteiger partial charge in [-0.3, -0.25) is 0 Å². The first-order chi connectivity index (χ1) is 13.5. The molecule has 0 aliphatic carbocycles. The summed E-state index contributed by atoms with van der Waals surface area (Å²) in [5.74, 6) is 1.44. The number of fused-ring (bicyclic) bond motifs is 1. The number of urea groups is 1. The molecule has 1 aliphatic rings. The lowest BCUT2D eigenvalue weighted by molar-refractivity contribution is 0.0523. The van der Waals surface area contributed by atoms with E-state index in [2.05, 4.69) is 26.8 Å². The largest absolute Gasteiger partial charge is 0.382 e. The maximum atomic E-state index is 12.0. The molecule has 9 nitrogen and oxygen atoms in total. The molecular formula is C19H30N6O3. The molecule has 0 bridgehead atoms. The molecule has 28 heavy (non-hydrogen) atoms. The minimum Gasteiger partial charge on any atom is -0.382 e. The highest BCUT2D eigenvalue weighted by Crippen LogP contribution is 2.26. The van der Waals surface area contributed by atoms with Crippen LogP contribution in [0, 0.1) is 13.8 Å². The zero-order valence-electron chi connectivity index (χ0n) is 17.0. The van der Waals surface area contributed by atoms with E-state index in [9.17, 15) is 4.79 Å². The zero-order chi connectivity index (χ0) is 20.1. The van der Waals surface area contributed by atoms with Crippen LogP contribution in [0.1, 0.15) is 24.0 Å². The molecule has 0 spiro atoms. The first-order valence-electron chi connectivity index (χ1n) is 9.83. The topological polar surface area (TPSA) is 108 Å². The molecule has 0 saturated carbocycles. The van der Waals surface area contributed by atoms with Gasteiger partial charge in [-0.05, 0) is 19.4 Å². The van der Waals surface area contributed by atoms with Crippen LogP contribution in [0.25, 0.3) is 11.0 Å². The molecule has 0 atom stereocenters. The molecule has 0 aromatic carbocycles. The van der Waals surface area contributed by atoms with Gasteiger partial charge in [-0.1, -0.05) is 6.92 Å². The van der Waals surface area contributed by atoms with Gasteiger partial charge in [0.25, 0.3) is 0 Å². The molecule has 154 valence electrons. The zero-order valence-corrected chi connectivity index (χ0v) is 17.0. The Morgan fingerprint density at radius 3 is 2.71 bits per heavy atom. The Labute approximate surface area is 165 Å². The lowest BCUT2D eigenvalue weighted by Gasteiger charge is -2.26. The van der Waals surface area contributed by atoms with Gasteiger partial charge in [0.05, 0.1) is 31.9 Å². The summed E-state index contributed by atoms with van der Waals surface area (Å²) in [4.78, 5) is 22.8. The van der Waals surface area contributed by atoms with E-state index in [1.807, 2.05) is 13.8 Å². The van der Waals surface area contributed by atoms with Gasteiger partial charge in [0.15, 0.2) is 5.82 Å². The quantitative estimate of drug-likeness (QED) is 0.689. The Hall–Kier alpha value is -2.39. The minimum absolute atomic E-state index is 0.0603. The number of nitrogens with zero attached hydrogens (tertiary/aromatic N) is 4. The molecule has 2 aromatic heterocycles. The highest BCUT2D eigenvalue weighted by molar-refractivity contribution is 5.88. The van der Waals surface area contributed by atoms with Crippen LogP contribution in [0.2, 0.25) is 0 Å². The number of ether oxygens (including phenoxy) is 2. The number of nitrogens with two attached hydrogens (primary N) is 1. The van der Waals surface area contributed by atoms with E-state index in [1.54, 1.807) is 4.90 Å². The van der Waals surface area contributed by atoms with Crippen molar-refractivity contribution in [2.75, 3.05) is 51.8 Å². The highest BCUT2D eigenvalue weighted by atomic mass is 16.5. The van der Waals surface area contributed by atoms with Gasteiger partial charge in [-0.2, -0.15) is 0 Å². The number of morpholine rings is 1. The number of nitrogen functional groups attached to an aromatic ring is 1. The lowest BCUT2D eigenvalue weighted by atomic mass is 10.2. The Kier molecular flexibility index (Phi) is 6.69. The van der Waals surface area contributed by atoms with Crippen LogP contribution < -0.4 is 11.1 Å². The molecule has 3 N–H and O–H groups in total. The fraction of sp³-hybridized carbons (Fsp3) is 0.632. The molecule has 3 rings (SSSR count). The van der Waals surface area contributed by atoms with Crippen LogP contribution in [0.5, 0.6) is 0 Å². The molecule has 1 fully saturated rings. The van der Waals surface area contributed by atoms with Crippen molar-refractivity contribution >= 4 is 22.9 Å². The molecular weight excluding hydrogens is 360 g/mol.